The minimum atomic E-state index is -0.529. The van der Waals surface area contributed by atoms with Gasteiger partial charge in [0, 0.05) is 5.56 Å². The van der Waals surface area contributed by atoms with E-state index in [1.54, 1.807) is 42.7 Å². The summed E-state index contributed by atoms with van der Waals surface area (Å²) in [5, 5.41) is 0. The van der Waals surface area contributed by atoms with Crippen LogP contribution in [0.2, 0.25) is 0 Å². The summed E-state index contributed by atoms with van der Waals surface area (Å²) in [6.07, 6.45) is 1.55. The summed E-state index contributed by atoms with van der Waals surface area (Å²) in [5.74, 6) is -0.0345. The lowest BCUT2D eigenvalue weighted by atomic mass is 10.0. The average molecular weight is 409 g/mol. The van der Waals surface area contributed by atoms with E-state index in [0.29, 0.717) is 22.8 Å². The quantitative estimate of drug-likeness (QED) is 0.555. The van der Waals surface area contributed by atoms with Gasteiger partial charge >= 0.3 is 0 Å². The Morgan fingerprint density at radius 3 is 2.59 bits per heavy atom. The van der Waals surface area contributed by atoms with Gasteiger partial charge in [-0.15, -0.1) is 11.8 Å². The van der Waals surface area contributed by atoms with Crippen molar-refractivity contribution in [2.45, 2.75) is 5.75 Å². The molecule has 2 aromatic carbocycles. The van der Waals surface area contributed by atoms with E-state index in [9.17, 15) is 14.0 Å². The average Bonchev–Trinajstić information content (AvgIpc) is 3.32. The summed E-state index contributed by atoms with van der Waals surface area (Å²) in [7, 11) is 1.50. The van der Waals surface area contributed by atoms with E-state index in [2.05, 4.69) is 0 Å². The molecule has 1 aliphatic rings. The fourth-order valence-electron chi connectivity index (χ4n) is 3.12. The number of ether oxygens (including phenoxy) is 1. The van der Waals surface area contributed by atoms with Crippen LogP contribution in [0.5, 0.6) is 5.75 Å². The molecule has 0 bridgehead atoms. The van der Waals surface area contributed by atoms with Crippen molar-refractivity contribution in [2.24, 2.45) is 0 Å². The maximum absolute atomic E-state index is 13.7. The van der Waals surface area contributed by atoms with Gasteiger partial charge in [-0.25, -0.2) is 9.29 Å². The van der Waals surface area contributed by atoms with Crippen LogP contribution in [0.1, 0.15) is 11.3 Å². The number of thioether (sulfide) groups is 1. The predicted octanol–water partition coefficient (Wildman–Crippen LogP) is 4.65. The SMILES string of the molecule is COc1ccccc1C1=C(SCc2ccco2)C(=O)N(c2cccc(F)c2)C1=O. The predicted molar refractivity (Wildman–Crippen MR) is 109 cm³/mol. The van der Waals surface area contributed by atoms with Gasteiger partial charge in [0.15, 0.2) is 0 Å². The summed E-state index contributed by atoms with van der Waals surface area (Å²) in [5.41, 5.74) is 0.920. The third kappa shape index (κ3) is 3.56. The largest absolute Gasteiger partial charge is 0.496 e. The van der Waals surface area contributed by atoms with E-state index in [4.69, 9.17) is 9.15 Å². The number of amides is 2. The molecule has 0 fully saturated rings. The van der Waals surface area contributed by atoms with Crippen LogP contribution in [-0.2, 0) is 15.3 Å². The molecule has 0 saturated carbocycles. The summed E-state index contributed by atoms with van der Waals surface area (Å²) >= 11 is 1.20. The molecule has 29 heavy (non-hydrogen) atoms. The first-order valence-corrected chi connectivity index (χ1v) is 9.76. The minimum absolute atomic E-state index is 0.181. The normalized spacial score (nSPS) is 14.1. The number of para-hydroxylation sites is 1. The molecule has 4 rings (SSSR count). The highest BCUT2D eigenvalue weighted by Crippen LogP contribution is 2.42. The van der Waals surface area contributed by atoms with Gasteiger partial charge in [0.2, 0.25) is 0 Å². The lowest BCUT2D eigenvalue weighted by Gasteiger charge is -2.15. The van der Waals surface area contributed by atoms with Crippen molar-refractivity contribution in [3.05, 3.63) is 89.0 Å². The number of furan rings is 1. The Bertz CT molecular complexity index is 1110. The Labute approximate surface area is 170 Å². The molecule has 0 atom stereocenters. The number of imide groups is 1. The van der Waals surface area contributed by atoms with Gasteiger partial charge in [0.05, 0.1) is 35.3 Å². The monoisotopic (exact) mass is 409 g/mol. The third-order valence-corrected chi connectivity index (χ3v) is 5.52. The number of hydrogen-bond donors (Lipinski definition) is 0. The number of carbonyl (C=O) groups excluding carboxylic acids is 2. The van der Waals surface area contributed by atoms with Crippen molar-refractivity contribution >= 4 is 34.8 Å². The second-order valence-electron chi connectivity index (χ2n) is 6.20. The van der Waals surface area contributed by atoms with E-state index in [0.717, 1.165) is 11.0 Å². The van der Waals surface area contributed by atoms with Crippen LogP contribution in [0, 0.1) is 5.82 Å². The van der Waals surface area contributed by atoms with Gasteiger partial charge in [-0.2, -0.15) is 0 Å². The summed E-state index contributed by atoms with van der Waals surface area (Å²) < 4.78 is 24.5. The van der Waals surface area contributed by atoms with Crippen LogP contribution in [0.15, 0.2) is 76.2 Å². The molecule has 7 heteroatoms. The number of carbonyl (C=O) groups is 2. The molecule has 1 aliphatic heterocycles. The molecule has 2 heterocycles. The molecule has 0 unspecified atom stereocenters. The molecule has 1 aromatic heterocycles. The summed E-state index contributed by atoms with van der Waals surface area (Å²) in [4.78, 5) is 27.8. The number of halogens is 1. The van der Waals surface area contributed by atoms with Crippen LogP contribution in [0.4, 0.5) is 10.1 Å². The van der Waals surface area contributed by atoms with Crippen molar-refractivity contribution in [1.29, 1.82) is 0 Å². The topological polar surface area (TPSA) is 59.8 Å². The summed E-state index contributed by atoms with van der Waals surface area (Å²) in [6.45, 7) is 0. The van der Waals surface area contributed by atoms with Gasteiger partial charge in [-0.1, -0.05) is 24.3 Å². The highest BCUT2D eigenvalue weighted by molar-refractivity contribution is 8.03. The second kappa shape index (κ2) is 7.97. The standard InChI is InChI=1S/C22H16FNO4S/c1-27-18-10-3-2-9-17(18)19-20(29-13-16-8-5-11-28-16)22(26)24(21(19)25)15-7-4-6-14(23)12-15/h2-12H,13H2,1H3. The van der Waals surface area contributed by atoms with E-state index >= 15 is 0 Å². The van der Waals surface area contributed by atoms with Crippen molar-refractivity contribution < 1.29 is 23.1 Å². The number of methoxy groups -OCH3 is 1. The lowest BCUT2D eigenvalue weighted by molar-refractivity contribution is -0.119. The molecule has 0 radical (unpaired) electrons. The number of rotatable bonds is 6. The Morgan fingerprint density at radius 1 is 1.03 bits per heavy atom. The fraction of sp³-hybridized carbons (Fsp3) is 0.0909. The number of nitrogens with zero attached hydrogens (tertiary/aromatic N) is 1. The molecular formula is C22H16FNO4S. The van der Waals surface area contributed by atoms with E-state index in [-0.39, 0.29) is 16.2 Å². The second-order valence-corrected chi connectivity index (χ2v) is 7.18. The Balaban J connectivity index is 1.80. The Hall–Kier alpha value is -3.32. The highest BCUT2D eigenvalue weighted by atomic mass is 32.2. The molecule has 0 N–H and O–H groups in total. The van der Waals surface area contributed by atoms with Crippen molar-refractivity contribution in [2.75, 3.05) is 12.0 Å². The minimum Gasteiger partial charge on any atom is -0.496 e. The molecule has 2 amide bonds. The zero-order valence-corrected chi connectivity index (χ0v) is 16.2. The van der Waals surface area contributed by atoms with Gasteiger partial charge in [0.25, 0.3) is 11.8 Å². The van der Waals surface area contributed by atoms with Crippen molar-refractivity contribution in [3.63, 3.8) is 0 Å². The smallest absolute Gasteiger partial charge is 0.272 e. The molecule has 0 spiro atoms. The van der Waals surface area contributed by atoms with Crippen LogP contribution in [0.3, 0.4) is 0 Å². The first kappa shape index (κ1) is 19.0. The highest BCUT2D eigenvalue weighted by Gasteiger charge is 2.41. The van der Waals surface area contributed by atoms with Gasteiger partial charge in [-0.05, 0) is 36.4 Å². The Kier molecular flexibility index (Phi) is 5.22. The lowest BCUT2D eigenvalue weighted by Crippen LogP contribution is -2.31. The van der Waals surface area contributed by atoms with Crippen LogP contribution >= 0.6 is 11.8 Å². The molecule has 0 saturated heterocycles. The molecule has 5 nitrogen and oxygen atoms in total. The van der Waals surface area contributed by atoms with Crippen molar-refractivity contribution in [1.82, 2.24) is 0 Å². The fourth-order valence-corrected chi connectivity index (χ4v) is 4.13. The van der Waals surface area contributed by atoms with E-state index in [1.165, 1.54) is 37.1 Å². The maximum atomic E-state index is 13.7. The number of benzene rings is 2. The maximum Gasteiger partial charge on any atom is 0.272 e. The summed E-state index contributed by atoms with van der Waals surface area (Å²) in [6, 6.07) is 16.0. The Morgan fingerprint density at radius 2 is 1.86 bits per heavy atom. The number of anilines is 1. The van der Waals surface area contributed by atoms with Crippen LogP contribution in [0.25, 0.3) is 5.57 Å². The van der Waals surface area contributed by atoms with Gasteiger partial charge in [0.1, 0.15) is 17.3 Å². The zero-order chi connectivity index (χ0) is 20.4. The van der Waals surface area contributed by atoms with E-state index in [1.807, 2.05) is 0 Å². The van der Waals surface area contributed by atoms with Crippen LogP contribution < -0.4 is 9.64 Å². The molecule has 146 valence electrons. The number of hydrogen-bond acceptors (Lipinski definition) is 5. The van der Waals surface area contributed by atoms with Gasteiger partial charge in [-0.3, -0.25) is 9.59 Å². The first-order valence-electron chi connectivity index (χ1n) is 8.77. The first-order chi connectivity index (χ1) is 14.1. The third-order valence-electron chi connectivity index (χ3n) is 4.42. The molecular weight excluding hydrogens is 393 g/mol. The van der Waals surface area contributed by atoms with Crippen molar-refractivity contribution in [3.8, 4) is 5.75 Å². The van der Waals surface area contributed by atoms with Crippen LogP contribution in [-0.4, -0.2) is 18.9 Å². The molecule has 3 aromatic rings. The zero-order valence-electron chi connectivity index (χ0n) is 15.4. The van der Waals surface area contributed by atoms with E-state index < -0.39 is 17.6 Å². The van der Waals surface area contributed by atoms with Gasteiger partial charge < -0.3 is 9.15 Å². The molecule has 0 aliphatic carbocycles.